The van der Waals surface area contributed by atoms with Gasteiger partial charge in [0.1, 0.15) is 5.75 Å². The van der Waals surface area contributed by atoms with Gasteiger partial charge in [0.05, 0.1) is 33.3 Å². The second-order valence-corrected chi connectivity index (χ2v) is 9.57. The minimum Gasteiger partial charge on any atom is -0.494 e. The first-order valence-electron chi connectivity index (χ1n) is 13.2. The van der Waals surface area contributed by atoms with Crippen LogP contribution in [0.1, 0.15) is 45.6 Å². The molecule has 1 N–H and O–H groups in total. The Balaban J connectivity index is 1.53. The summed E-state index contributed by atoms with van der Waals surface area (Å²) in [5, 5.41) is 2.96. The zero-order valence-electron chi connectivity index (χ0n) is 23.1. The predicted octanol–water partition coefficient (Wildman–Crippen LogP) is 6.34. The van der Waals surface area contributed by atoms with Crippen LogP contribution in [-0.2, 0) is 11.2 Å². The molecule has 4 aromatic carbocycles. The molecule has 0 saturated carbocycles. The zero-order chi connectivity index (χ0) is 28.2. The van der Waals surface area contributed by atoms with Crippen molar-refractivity contribution in [3.8, 4) is 17.2 Å². The van der Waals surface area contributed by atoms with Crippen LogP contribution in [0.4, 0.5) is 11.4 Å². The van der Waals surface area contributed by atoms with Crippen molar-refractivity contribution >= 4 is 23.2 Å². The van der Waals surface area contributed by atoms with Crippen LogP contribution < -0.4 is 24.4 Å². The molecule has 1 unspecified atom stereocenters. The van der Waals surface area contributed by atoms with E-state index in [4.69, 9.17) is 14.2 Å². The molecule has 0 saturated heterocycles. The number of hydrogen-bond acceptors (Lipinski definition) is 5. The van der Waals surface area contributed by atoms with Gasteiger partial charge < -0.3 is 24.4 Å². The number of benzene rings is 4. The standard InChI is InChI=1S/C33H32N2O5/c1-5-40-26-16-12-22(13-17-26)32-27-20-30(39-4)29(38-3)18-24(27)19-31(36)35(32)25-14-10-23(11-15-25)33(37)34-28-9-7-6-8-21(28)2/h6-18,20,32H,5,19H2,1-4H3,(H,34,37). The van der Waals surface area contributed by atoms with Crippen molar-refractivity contribution in [2.24, 2.45) is 0 Å². The quantitative estimate of drug-likeness (QED) is 0.284. The zero-order valence-corrected chi connectivity index (χ0v) is 23.1. The van der Waals surface area contributed by atoms with Crippen molar-refractivity contribution in [1.29, 1.82) is 0 Å². The van der Waals surface area contributed by atoms with Crippen LogP contribution in [0.2, 0.25) is 0 Å². The molecule has 0 bridgehead atoms. The third kappa shape index (κ3) is 5.23. The average molecular weight is 537 g/mol. The van der Waals surface area contributed by atoms with E-state index < -0.39 is 6.04 Å². The van der Waals surface area contributed by atoms with E-state index in [2.05, 4.69) is 5.32 Å². The fourth-order valence-electron chi connectivity index (χ4n) is 5.09. The average Bonchev–Trinajstić information content (AvgIpc) is 2.97. The highest BCUT2D eigenvalue weighted by molar-refractivity contribution is 6.05. The summed E-state index contributed by atoms with van der Waals surface area (Å²) in [7, 11) is 3.19. The number of ether oxygens (including phenoxy) is 3. The molecule has 5 rings (SSSR count). The lowest BCUT2D eigenvalue weighted by molar-refractivity contribution is -0.118. The number of carbonyl (C=O) groups excluding carboxylic acids is 2. The monoisotopic (exact) mass is 536 g/mol. The molecule has 0 spiro atoms. The third-order valence-electron chi connectivity index (χ3n) is 7.12. The van der Waals surface area contributed by atoms with Gasteiger partial charge in [0.2, 0.25) is 5.91 Å². The molecule has 4 aromatic rings. The van der Waals surface area contributed by atoms with Crippen LogP contribution in [-0.4, -0.2) is 32.6 Å². The van der Waals surface area contributed by atoms with E-state index in [1.807, 2.05) is 86.6 Å². The van der Waals surface area contributed by atoms with Gasteiger partial charge in [-0.2, -0.15) is 0 Å². The number of carbonyl (C=O) groups is 2. The number of aryl methyl sites for hydroxylation is 1. The Bertz CT molecular complexity index is 1530. The van der Waals surface area contributed by atoms with Gasteiger partial charge in [-0.15, -0.1) is 0 Å². The number of hydrogen-bond donors (Lipinski definition) is 1. The highest BCUT2D eigenvalue weighted by Gasteiger charge is 2.36. The van der Waals surface area contributed by atoms with E-state index >= 15 is 0 Å². The lowest BCUT2D eigenvalue weighted by Crippen LogP contribution is -2.41. The Morgan fingerprint density at radius 3 is 2.25 bits per heavy atom. The lowest BCUT2D eigenvalue weighted by atomic mass is 9.86. The molecule has 1 atom stereocenters. The molecule has 204 valence electrons. The number of methoxy groups -OCH3 is 2. The Morgan fingerprint density at radius 2 is 1.60 bits per heavy atom. The van der Waals surface area contributed by atoms with E-state index in [0.29, 0.717) is 29.4 Å². The van der Waals surface area contributed by atoms with Crippen molar-refractivity contribution in [2.75, 3.05) is 31.0 Å². The van der Waals surface area contributed by atoms with Crippen LogP contribution in [0, 0.1) is 6.92 Å². The Labute approximate surface area is 234 Å². The molecule has 1 heterocycles. The number of anilines is 2. The lowest BCUT2D eigenvalue weighted by Gasteiger charge is -2.38. The Hall–Kier alpha value is -4.78. The highest BCUT2D eigenvalue weighted by atomic mass is 16.5. The summed E-state index contributed by atoms with van der Waals surface area (Å²) in [6.45, 7) is 4.46. The van der Waals surface area contributed by atoms with Crippen molar-refractivity contribution in [3.05, 3.63) is 113 Å². The fraction of sp³-hybridized carbons (Fsp3) is 0.212. The SMILES string of the molecule is CCOc1ccc(C2c3cc(OC)c(OC)cc3CC(=O)N2c2ccc(C(=O)Nc3ccccc3C)cc2)cc1. The maximum Gasteiger partial charge on any atom is 0.255 e. The number of rotatable bonds is 8. The first-order chi connectivity index (χ1) is 19.4. The normalized spacial score (nSPS) is 14.3. The minimum absolute atomic E-state index is 0.0595. The van der Waals surface area contributed by atoms with Crippen LogP contribution in [0.3, 0.4) is 0 Å². The van der Waals surface area contributed by atoms with E-state index in [0.717, 1.165) is 33.7 Å². The van der Waals surface area contributed by atoms with Gasteiger partial charge in [0.25, 0.3) is 5.91 Å². The largest absolute Gasteiger partial charge is 0.494 e. The maximum absolute atomic E-state index is 13.7. The smallest absolute Gasteiger partial charge is 0.255 e. The van der Waals surface area contributed by atoms with Gasteiger partial charge in [-0.05, 0) is 90.7 Å². The predicted molar refractivity (Wildman–Crippen MR) is 156 cm³/mol. The van der Waals surface area contributed by atoms with Gasteiger partial charge in [0, 0.05) is 16.9 Å². The van der Waals surface area contributed by atoms with Crippen LogP contribution in [0.5, 0.6) is 17.2 Å². The summed E-state index contributed by atoms with van der Waals surface area (Å²) in [6.07, 6.45) is 0.207. The Kier molecular flexibility index (Phi) is 7.73. The molecule has 7 nitrogen and oxygen atoms in total. The van der Waals surface area contributed by atoms with E-state index in [1.165, 1.54) is 0 Å². The molecule has 0 aromatic heterocycles. The number of nitrogens with zero attached hydrogens (tertiary/aromatic N) is 1. The van der Waals surface area contributed by atoms with Gasteiger partial charge in [0.15, 0.2) is 11.5 Å². The highest BCUT2D eigenvalue weighted by Crippen LogP contribution is 2.43. The summed E-state index contributed by atoms with van der Waals surface area (Å²) < 4.78 is 16.8. The molecule has 40 heavy (non-hydrogen) atoms. The molecule has 0 fully saturated rings. The van der Waals surface area contributed by atoms with Crippen LogP contribution in [0.15, 0.2) is 84.9 Å². The molecule has 2 amide bonds. The molecule has 1 aliphatic heterocycles. The summed E-state index contributed by atoms with van der Waals surface area (Å²) in [6, 6.07) is 25.9. The Morgan fingerprint density at radius 1 is 0.925 bits per heavy atom. The first-order valence-corrected chi connectivity index (χ1v) is 13.2. The summed E-state index contributed by atoms with van der Waals surface area (Å²) in [5.41, 5.74) is 5.69. The number of amides is 2. The number of fused-ring (bicyclic) bond motifs is 1. The van der Waals surface area contributed by atoms with Crippen LogP contribution >= 0.6 is 0 Å². The second-order valence-electron chi connectivity index (χ2n) is 9.57. The molecular weight excluding hydrogens is 504 g/mol. The second kappa shape index (κ2) is 11.5. The van der Waals surface area contributed by atoms with Crippen molar-refractivity contribution in [3.63, 3.8) is 0 Å². The molecule has 1 aliphatic rings. The molecule has 0 radical (unpaired) electrons. The van der Waals surface area contributed by atoms with Crippen molar-refractivity contribution < 1.29 is 23.8 Å². The van der Waals surface area contributed by atoms with Gasteiger partial charge in [-0.3, -0.25) is 9.59 Å². The van der Waals surface area contributed by atoms with E-state index in [1.54, 1.807) is 31.3 Å². The van der Waals surface area contributed by atoms with Crippen LogP contribution in [0.25, 0.3) is 0 Å². The number of nitrogens with one attached hydrogen (secondary N) is 1. The minimum atomic E-state index is -0.418. The van der Waals surface area contributed by atoms with Gasteiger partial charge in [-0.1, -0.05) is 30.3 Å². The fourth-order valence-corrected chi connectivity index (χ4v) is 5.09. The number of para-hydroxylation sites is 1. The third-order valence-corrected chi connectivity index (χ3v) is 7.12. The summed E-state index contributed by atoms with van der Waals surface area (Å²) in [5.74, 6) is 1.66. The molecular formula is C33H32N2O5. The summed E-state index contributed by atoms with van der Waals surface area (Å²) >= 11 is 0. The van der Waals surface area contributed by atoms with Gasteiger partial charge in [-0.25, -0.2) is 0 Å². The topological polar surface area (TPSA) is 77.1 Å². The van der Waals surface area contributed by atoms with Crippen molar-refractivity contribution in [1.82, 2.24) is 0 Å². The molecule has 0 aliphatic carbocycles. The molecule has 7 heteroatoms. The van der Waals surface area contributed by atoms with Gasteiger partial charge >= 0.3 is 0 Å². The van der Waals surface area contributed by atoms with E-state index in [-0.39, 0.29) is 18.2 Å². The van der Waals surface area contributed by atoms with E-state index in [9.17, 15) is 9.59 Å². The maximum atomic E-state index is 13.7. The first kappa shape index (κ1) is 26.8. The van der Waals surface area contributed by atoms with Crippen molar-refractivity contribution in [2.45, 2.75) is 26.3 Å². The summed E-state index contributed by atoms with van der Waals surface area (Å²) in [4.78, 5) is 28.5.